The van der Waals surface area contributed by atoms with Crippen LogP contribution in [0.4, 0.5) is 0 Å². The van der Waals surface area contributed by atoms with Crippen LogP contribution < -0.4 is 0 Å². The van der Waals surface area contributed by atoms with Gasteiger partial charge in [0.15, 0.2) is 0 Å². The quantitative estimate of drug-likeness (QED) is 0.491. The van der Waals surface area contributed by atoms with Crippen LogP contribution in [0, 0.1) is 23.2 Å². The highest BCUT2D eigenvalue weighted by Crippen LogP contribution is 2.13. The van der Waals surface area contributed by atoms with Crippen molar-refractivity contribution in [2.45, 2.75) is 20.8 Å². The van der Waals surface area contributed by atoms with Crippen molar-refractivity contribution in [2.24, 2.45) is 11.8 Å². The third kappa shape index (κ3) is 3.75. The number of rotatable bonds is 4. The normalized spacial score (nSPS) is 14.9. The van der Waals surface area contributed by atoms with Gasteiger partial charge in [0.25, 0.3) is 0 Å². The van der Waals surface area contributed by atoms with E-state index in [4.69, 9.17) is 10.00 Å². The van der Waals surface area contributed by atoms with E-state index in [1.807, 2.05) is 32.1 Å². The Morgan fingerprint density at radius 3 is 2.69 bits per heavy atom. The molecule has 0 aromatic carbocycles. The van der Waals surface area contributed by atoms with Gasteiger partial charge >= 0.3 is 5.97 Å². The molecule has 0 saturated heterocycles. The molecule has 0 aromatic rings. The SMILES string of the molecule is CC=CC(C)C(C#N)C(=O)OCC. The second-order valence-electron chi connectivity index (χ2n) is 2.74. The van der Waals surface area contributed by atoms with Gasteiger partial charge < -0.3 is 4.74 Å². The molecule has 0 rings (SSSR count). The highest BCUT2D eigenvalue weighted by Gasteiger charge is 2.23. The molecular weight excluding hydrogens is 166 g/mol. The summed E-state index contributed by atoms with van der Waals surface area (Å²) in [6, 6.07) is 1.95. The van der Waals surface area contributed by atoms with Crippen molar-refractivity contribution in [3.8, 4) is 6.07 Å². The fourth-order valence-corrected chi connectivity index (χ4v) is 1.03. The third-order valence-corrected chi connectivity index (χ3v) is 1.70. The molecule has 72 valence electrons. The summed E-state index contributed by atoms with van der Waals surface area (Å²) in [6.07, 6.45) is 3.65. The van der Waals surface area contributed by atoms with Crippen LogP contribution in [0.2, 0.25) is 0 Å². The number of nitriles is 1. The van der Waals surface area contributed by atoms with Gasteiger partial charge in [0.2, 0.25) is 0 Å². The molecule has 0 aromatic heterocycles. The molecular formula is C10H15NO2. The Morgan fingerprint density at radius 1 is 1.69 bits per heavy atom. The highest BCUT2D eigenvalue weighted by atomic mass is 16.5. The van der Waals surface area contributed by atoms with Crippen LogP contribution in [0.15, 0.2) is 12.2 Å². The van der Waals surface area contributed by atoms with E-state index in [-0.39, 0.29) is 5.92 Å². The minimum absolute atomic E-state index is 0.0888. The molecule has 2 atom stereocenters. The molecule has 13 heavy (non-hydrogen) atoms. The molecule has 0 N–H and O–H groups in total. The summed E-state index contributed by atoms with van der Waals surface area (Å²) >= 11 is 0. The summed E-state index contributed by atoms with van der Waals surface area (Å²) in [5.74, 6) is -1.21. The molecule has 0 aliphatic heterocycles. The van der Waals surface area contributed by atoms with Crippen LogP contribution in [0.3, 0.4) is 0 Å². The molecule has 0 saturated carbocycles. The molecule has 0 bridgehead atoms. The van der Waals surface area contributed by atoms with E-state index in [9.17, 15) is 4.79 Å². The first-order valence-electron chi connectivity index (χ1n) is 4.36. The van der Waals surface area contributed by atoms with E-state index in [1.54, 1.807) is 6.92 Å². The number of nitrogens with zero attached hydrogens (tertiary/aromatic N) is 1. The maximum atomic E-state index is 11.2. The maximum absolute atomic E-state index is 11.2. The number of hydrogen-bond donors (Lipinski definition) is 0. The van der Waals surface area contributed by atoms with Crippen molar-refractivity contribution in [3.05, 3.63) is 12.2 Å². The van der Waals surface area contributed by atoms with Crippen molar-refractivity contribution < 1.29 is 9.53 Å². The zero-order valence-electron chi connectivity index (χ0n) is 8.28. The lowest BCUT2D eigenvalue weighted by atomic mass is 9.95. The van der Waals surface area contributed by atoms with Crippen LogP contribution in [-0.4, -0.2) is 12.6 Å². The predicted octanol–water partition coefficient (Wildman–Crippen LogP) is 1.90. The van der Waals surface area contributed by atoms with Gasteiger partial charge in [-0.15, -0.1) is 0 Å². The largest absolute Gasteiger partial charge is 0.465 e. The lowest BCUT2D eigenvalue weighted by Crippen LogP contribution is -2.21. The summed E-state index contributed by atoms with van der Waals surface area (Å²) in [6.45, 7) is 5.73. The second kappa shape index (κ2) is 6.24. The number of carbonyl (C=O) groups is 1. The van der Waals surface area contributed by atoms with Gasteiger partial charge in [0, 0.05) is 5.92 Å². The van der Waals surface area contributed by atoms with Crippen LogP contribution >= 0.6 is 0 Å². The molecule has 0 amide bonds. The van der Waals surface area contributed by atoms with Crippen molar-refractivity contribution in [1.82, 2.24) is 0 Å². The Kier molecular flexibility index (Phi) is 5.62. The highest BCUT2D eigenvalue weighted by molar-refractivity contribution is 5.75. The molecule has 0 spiro atoms. The first-order chi connectivity index (χ1) is 6.17. The number of ether oxygens (including phenoxy) is 1. The van der Waals surface area contributed by atoms with Crippen molar-refractivity contribution in [1.29, 1.82) is 5.26 Å². The van der Waals surface area contributed by atoms with E-state index in [1.165, 1.54) is 0 Å². The van der Waals surface area contributed by atoms with E-state index in [0.717, 1.165) is 0 Å². The summed E-state index contributed by atoms with van der Waals surface area (Å²) in [7, 11) is 0. The second-order valence-corrected chi connectivity index (χ2v) is 2.74. The summed E-state index contributed by atoms with van der Waals surface area (Å²) in [5, 5.41) is 8.74. The molecule has 3 heteroatoms. The summed E-state index contributed by atoms with van der Waals surface area (Å²) in [5.41, 5.74) is 0. The van der Waals surface area contributed by atoms with E-state index in [0.29, 0.717) is 6.61 Å². The van der Waals surface area contributed by atoms with E-state index < -0.39 is 11.9 Å². The standard InChI is InChI=1S/C10H15NO2/c1-4-6-8(3)9(7-11)10(12)13-5-2/h4,6,8-9H,5H2,1-3H3. The van der Waals surface area contributed by atoms with E-state index >= 15 is 0 Å². The number of hydrogen-bond acceptors (Lipinski definition) is 3. The Morgan fingerprint density at radius 2 is 2.31 bits per heavy atom. The number of esters is 1. The minimum atomic E-state index is -0.684. The Balaban J connectivity index is 4.34. The molecule has 0 heterocycles. The first-order valence-corrected chi connectivity index (χ1v) is 4.36. The molecule has 0 fully saturated rings. The molecule has 0 aliphatic rings. The van der Waals surface area contributed by atoms with Gasteiger partial charge in [-0.3, -0.25) is 4.79 Å². The van der Waals surface area contributed by atoms with Crippen LogP contribution in [0.1, 0.15) is 20.8 Å². The fraction of sp³-hybridized carbons (Fsp3) is 0.600. The topological polar surface area (TPSA) is 50.1 Å². The van der Waals surface area contributed by atoms with Crippen LogP contribution in [0.25, 0.3) is 0 Å². The van der Waals surface area contributed by atoms with Gasteiger partial charge in [0.05, 0.1) is 12.7 Å². The van der Waals surface area contributed by atoms with E-state index in [2.05, 4.69) is 0 Å². The zero-order chi connectivity index (χ0) is 10.3. The Bertz CT molecular complexity index is 228. The Hall–Kier alpha value is -1.30. The average Bonchev–Trinajstić information content (AvgIpc) is 2.06. The van der Waals surface area contributed by atoms with Crippen molar-refractivity contribution in [3.63, 3.8) is 0 Å². The van der Waals surface area contributed by atoms with Crippen LogP contribution in [-0.2, 0) is 9.53 Å². The third-order valence-electron chi connectivity index (χ3n) is 1.70. The van der Waals surface area contributed by atoms with Gasteiger partial charge in [-0.1, -0.05) is 19.1 Å². The molecule has 2 unspecified atom stereocenters. The summed E-state index contributed by atoms with van der Waals surface area (Å²) in [4.78, 5) is 11.2. The van der Waals surface area contributed by atoms with Crippen molar-refractivity contribution >= 4 is 5.97 Å². The maximum Gasteiger partial charge on any atom is 0.323 e. The molecule has 3 nitrogen and oxygen atoms in total. The zero-order valence-corrected chi connectivity index (χ0v) is 8.28. The predicted molar refractivity (Wildman–Crippen MR) is 49.7 cm³/mol. The number of allylic oxidation sites excluding steroid dienone is 2. The van der Waals surface area contributed by atoms with Crippen LogP contribution in [0.5, 0.6) is 0 Å². The number of carbonyl (C=O) groups excluding carboxylic acids is 1. The van der Waals surface area contributed by atoms with Gasteiger partial charge in [0.1, 0.15) is 5.92 Å². The fourth-order valence-electron chi connectivity index (χ4n) is 1.03. The summed E-state index contributed by atoms with van der Waals surface area (Å²) < 4.78 is 4.77. The van der Waals surface area contributed by atoms with Gasteiger partial charge in [-0.2, -0.15) is 5.26 Å². The lowest BCUT2D eigenvalue weighted by Gasteiger charge is -2.11. The lowest BCUT2D eigenvalue weighted by molar-refractivity contribution is -0.146. The molecule has 0 aliphatic carbocycles. The first kappa shape index (κ1) is 11.7. The smallest absolute Gasteiger partial charge is 0.323 e. The average molecular weight is 181 g/mol. The molecule has 0 radical (unpaired) electrons. The van der Waals surface area contributed by atoms with Gasteiger partial charge in [-0.25, -0.2) is 0 Å². The monoisotopic (exact) mass is 181 g/mol. The minimum Gasteiger partial charge on any atom is -0.465 e. The van der Waals surface area contributed by atoms with Gasteiger partial charge in [-0.05, 0) is 13.8 Å². The Labute approximate surface area is 79.0 Å². The van der Waals surface area contributed by atoms with Crippen molar-refractivity contribution in [2.75, 3.05) is 6.61 Å².